The molecule has 0 aliphatic rings. The largest absolute Gasteiger partial charge is 0.478 e. The van der Waals surface area contributed by atoms with E-state index in [0.717, 1.165) is 0 Å². The SMILES string of the molecule is Cc1cc(C#CC#N)ccc1C(=O)O. The van der Waals surface area contributed by atoms with Gasteiger partial charge in [-0.25, -0.2) is 4.79 Å². The minimum absolute atomic E-state index is 0.257. The van der Waals surface area contributed by atoms with Crippen molar-refractivity contribution in [3.8, 4) is 17.9 Å². The van der Waals surface area contributed by atoms with Crippen molar-refractivity contribution in [3.63, 3.8) is 0 Å². The van der Waals surface area contributed by atoms with E-state index in [1.807, 2.05) is 0 Å². The van der Waals surface area contributed by atoms with Gasteiger partial charge in [-0.05, 0) is 30.7 Å². The summed E-state index contributed by atoms with van der Waals surface area (Å²) in [5.41, 5.74) is 1.55. The summed E-state index contributed by atoms with van der Waals surface area (Å²) in [7, 11) is 0. The standard InChI is InChI=1S/C11H7NO2/c1-8-7-9(3-2-6-12)4-5-10(8)11(13)14/h4-5,7H,1H3,(H,13,14). The first-order chi connectivity index (χ1) is 6.65. The van der Waals surface area contributed by atoms with E-state index in [2.05, 4.69) is 11.8 Å². The van der Waals surface area contributed by atoms with Crippen molar-refractivity contribution in [2.75, 3.05) is 0 Å². The van der Waals surface area contributed by atoms with Gasteiger partial charge in [0, 0.05) is 11.5 Å². The fraction of sp³-hybridized carbons (Fsp3) is 0.0909. The van der Waals surface area contributed by atoms with E-state index in [1.165, 1.54) is 6.07 Å². The van der Waals surface area contributed by atoms with E-state index >= 15 is 0 Å². The zero-order chi connectivity index (χ0) is 10.6. The Labute approximate surface area is 81.6 Å². The summed E-state index contributed by atoms with van der Waals surface area (Å²) in [5, 5.41) is 17.0. The molecule has 14 heavy (non-hydrogen) atoms. The molecule has 0 aliphatic carbocycles. The second kappa shape index (κ2) is 4.11. The Morgan fingerprint density at radius 1 is 1.50 bits per heavy atom. The lowest BCUT2D eigenvalue weighted by molar-refractivity contribution is 0.0696. The molecule has 0 aliphatic heterocycles. The maximum Gasteiger partial charge on any atom is 0.335 e. The van der Waals surface area contributed by atoms with Crippen LogP contribution in [0.3, 0.4) is 0 Å². The first kappa shape index (κ1) is 9.83. The predicted octanol–water partition coefficient (Wildman–Crippen LogP) is 1.57. The van der Waals surface area contributed by atoms with E-state index in [-0.39, 0.29) is 5.56 Å². The molecule has 0 fully saturated rings. The van der Waals surface area contributed by atoms with Crippen molar-refractivity contribution in [1.29, 1.82) is 5.26 Å². The smallest absolute Gasteiger partial charge is 0.335 e. The van der Waals surface area contributed by atoms with E-state index in [4.69, 9.17) is 10.4 Å². The van der Waals surface area contributed by atoms with Gasteiger partial charge in [0.05, 0.1) is 5.56 Å². The highest BCUT2D eigenvalue weighted by Crippen LogP contribution is 2.10. The van der Waals surface area contributed by atoms with Gasteiger partial charge in [0.15, 0.2) is 6.07 Å². The van der Waals surface area contributed by atoms with Crippen LogP contribution < -0.4 is 0 Å². The molecule has 0 saturated heterocycles. The third kappa shape index (κ3) is 2.12. The van der Waals surface area contributed by atoms with Crippen LogP contribution in [0.15, 0.2) is 18.2 Å². The minimum Gasteiger partial charge on any atom is -0.478 e. The molecule has 0 unspecified atom stereocenters. The van der Waals surface area contributed by atoms with Crippen molar-refractivity contribution in [2.45, 2.75) is 6.92 Å². The third-order valence-corrected chi connectivity index (χ3v) is 1.72. The summed E-state index contributed by atoms with van der Waals surface area (Å²) >= 11 is 0. The maximum absolute atomic E-state index is 10.7. The number of rotatable bonds is 1. The molecule has 0 spiro atoms. The summed E-state index contributed by atoms with van der Waals surface area (Å²) in [4.78, 5) is 10.7. The lowest BCUT2D eigenvalue weighted by atomic mass is 10.1. The Kier molecular flexibility index (Phi) is 2.89. The lowest BCUT2D eigenvalue weighted by Gasteiger charge is -1.99. The molecule has 1 rings (SSSR count). The van der Waals surface area contributed by atoms with E-state index in [9.17, 15) is 4.79 Å². The molecule has 0 saturated carbocycles. The van der Waals surface area contributed by atoms with E-state index in [1.54, 1.807) is 25.1 Å². The summed E-state index contributed by atoms with van der Waals surface area (Å²) in [6.45, 7) is 1.70. The number of hydrogen-bond donors (Lipinski definition) is 1. The van der Waals surface area contributed by atoms with Crippen LogP contribution >= 0.6 is 0 Å². The van der Waals surface area contributed by atoms with E-state index in [0.29, 0.717) is 11.1 Å². The van der Waals surface area contributed by atoms with Crippen LogP contribution in [0.5, 0.6) is 0 Å². The molecule has 1 N–H and O–H groups in total. The Hall–Kier alpha value is -2.26. The second-order valence-corrected chi connectivity index (χ2v) is 2.70. The fourth-order valence-electron chi connectivity index (χ4n) is 1.08. The Morgan fingerprint density at radius 2 is 2.21 bits per heavy atom. The highest BCUT2D eigenvalue weighted by molar-refractivity contribution is 5.89. The molecule has 3 heteroatoms. The van der Waals surface area contributed by atoms with Crippen molar-refractivity contribution < 1.29 is 9.90 Å². The highest BCUT2D eigenvalue weighted by atomic mass is 16.4. The molecule has 0 atom stereocenters. The zero-order valence-corrected chi connectivity index (χ0v) is 7.53. The van der Waals surface area contributed by atoms with Crippen LogP contribution in [0, 0.1) is 30.1 Å². The predicted molar refractivity (Wildman–Crippen MR) is 50.6 cm³/mol. The average Bonchev–Trinajstić information content (AvgIpc) is 2.14. The van der Waals surface area contributed by atoms with E-state index < -0.39 is 5.97 Å². The molecule has 0 amide bonds. The van der Waals surface area contributed by atoms with Gasteiger partial charge >= 0.3 is 5.97 Å². The molecule has 1 aromatic carbocycles. The molecule has 68 valence electrons. The van der Waals surface area contributed by atoms with Gasteiger partial charge in [-0.3, -0.25) is 0 Å². The van der Waals surface area contributed by atoms with Gasteiger partial charge in [-0.15, -0.1) is 0 Å². The third-order valence-electron chi connectivity index (χ3n) is 1.72. The van der Waals surface area contributed by atoms with Crippen molar-refractivity contribution >= 4 is 5.97 Å². The molecule has 3 nitrogen and oxygen atoms in total. The molecule has 0 bridgehead atoms. The number of nitriles is 1. The van der Waals surface area contributed by atoms with Crippen LogP contribution in [-0.4, -0.2) is 11.1 Å². The number of carboxylic acids is 1. The minimum atomic E-state index is -0.956. The average molecular weight is 185 g/mol. The van der Waals surface area contributed by atoms with Crippen LogP contribution in [0.1, 0.15) is 21.5 Å². The van der Waals surface area contributed by atoms with Gasteiger partial charge in [0.25, 0.3) is 0 Å². The molecular weight excluding hydrogens is 178 g/mol. The van der Waals surface area contributed by atoms with Crippen molar-refractivity contribution in [1.82, 2.24) is 0 Å². The number of aryl methyl sites for hydroxylation is 1. The molecular formula is C11H7NO2. The summed E-state index contributed by atoms with van der Waals surface area (Å²) in [5.74, 6) is 3.89. The number of hydrogen-bond acceptors (Lipinski definition) is 2. The number of carbonyl (C=O) groups is 1. The summed E-state index contributed by atoms with van der Waals surface area (Å²) in [6, 6.07) is 6.41. The number of benzene rings is 1. The number of aromatic carboxylic acids is 1. The van der Waals surface area contributed by atoms with Gasteiger partial charge in [-0.1, -0.05) is 5.92 Å². The molecule has 0 aromatic heterocycles. The van der Waals surface area contributed by atoms with Gasteiger partial charge in [-0.2, -0.15) is 5.26 Å². The van der Waals surface area contributed by atoms with Gasteiger partial charge < -0.3 is 5.11 Å². The zero-order valence-electron chi connectivity index (χ0n) is 7.53. The molecule has 1 aromatic rings. The fourth-order valence-corrected chi connectivity index (χ4v) is 1.08. The van der Waals surface area contributed by atoms with Gasteiger partial charge in [0.2, 0.25) is 0 Å². The van der Waals surface area contributed by atoms with Crippen molar-refractivity contribution in [2.24, 2.45) is 0 Å². The van der Waals surface area contributed by atoms with Crippen LogP contribution in [0.2, 0.25) is 0 Å². The normalized spacial score (nSPS) is 8.29. The maximum atomic E-state index is 10.7. The lowest BCUT2D eigenvalue weighted by Crippen LogP contribution is -1.99. The molecule has 0 heterocycles. The summed E-state index contributed by atoms with van der Waals surface area (Å²) in [6.07, 6.45) is 0. The Balaban J connectivity index is 3.14. The second-order valence-electron chi connectivity index (χ2n) is 2.70. The number of nitrogens with zero attached hydrogens (tertiary/aromatic N) is 1. The topological polar surface area (TPSA) is 61.1 Å². The summed E-state index contributed by atoms with van der Waals surface area (Å²) < 4.78 is 0. The Morgan fingerprint density at radius 3 is 2.71 bits per heavy atom. The first-order valence-electron chi connectivity index (χ1n) is 3.89. The molecule has 0 radical (unpaired) electrons. The quantitative estimate of drug-likeness (QED) is 0.675. The first-order valence-corrected chi connectivity index (χ1v) is 3.89. The van der Waals surface area contributed by atoms with Crippen LogP contribution in [0.4, 0.5) is 0 Å². The van der Waals surface area contributed by atoms with Gasteiger partial charge in [0.1, 0.15) is 0 Å². The van der Waals surface area contributed by atoms with Crippen molar-refractivity contribution in [3.05, 3.63) is 34.9 Å². The van der Waals surface area contributed by atoms with Crippen LogP contribution in [0.25, 0.3) is 0 Å². The monoisotopic (exact) mass is 185 g/mol. The van der Waals surface area contributed by atoms with Crippen LogP contribution in [-0.2, 0) is 0 Å². The highest BCUT2D eigenvalue weighted by Gasteiger charge is 2.05. The number of carboxylic acid groups (broad SMARTS) is 1. The Bertz CT molecular complexity index is 472.